The van der Waals surface area contributed by atoms with Gasteiger partial charge in [-0.05, 0) is 49.4 Å². The molecule has 0 aliphatic heterocycles. The predicted octanol–water partition coefficient (Wildman–Crippen LogP) is 6.79. The van der Waals surface area contributed by atoms with E-state index in [4.69, 9.17) is 23.2 Å². The van der Waals surface area contributed by atoms with Crippen LogP contribution in [0.25, 0.3) is 0 Å². The van der Waals surface area contributed by atoms with Crippen molar-refractivity contribution >= 4 is 46.8 Å². The minimum Gasteiger partial charge on any atom is -0.352 e. The lowest BCUT2D eigenvalue weighted by Crippen LogP contribution is -2.52. The number of hydrogen-bond donors (Lipinski definition) is 1. The minimum absolute atomic E-state index is 0.0467. The Bertz CT molecular complexity index is 959. The van der Waals surface area contributed by atoms with Crippen LogP contribution in [0.15, 0.2) is 42.5 Å². The molecule has 2 amide bonds. The van der Waals surface area contributed by atoms with Crippen LogP contribution in [0.3, 0.4) is 0 Å². The number of halogens is 2. The first kappa shape index (κ1) is 26.9. The zero-order valence-electron chi connectivity index (χ0n) is 20.0. The summed E-state index contributed by atoms with van der Waals surface area (Å²) in [7, 11) is 0. The number of aryl methyl sites for hydroxylation is 1. The van der Waals surface area contributed by atoms with Crippen LogP contribution < -0.4 is 5.32 Å². The van der Waals surface area contributed by atoms with Crippen molar-refractivity contribution in [2.45, 2.75) is 76.8 Å². The molecule has 0 spiro atoms. The fourth-order valence-electron chi connectivity index (χ4n) is 4.46. The van der Waals surface area contributed by atoms with Crippen molar-refractivity contribution in [3.63, 3.8) is 0 Å². The number of benzene rings is 2. The van der Waals surface area contributed by atoms with Gasteiger partial charge in [-0.1, -0.05) is 85.3 Å². The molecule has 1 aliphatic rings. The third kappa shape index (κ3) is 7.66. The van der Waals surface area contributed by atoms with Crippen LogP contribution in [-0.2, 0) is 21.9 Å². The van der Waals surface area contributed by atoms with Crippen LogP contribution in [0.5, 0.6) is 0 Å². The van der Waals surface area contributed by atoms with Crippen molar-refractivity contribution in [2.75, 3.05) is 5.75 Å². The molecule has 2 aromatic rings. The van der Waals surface area contributed by atoms with Gasteiger partial charge < -0.3 is 10.2 Å². The molecule has 0 aromatic heterocycles. The first-order chi connectivity index (χ1) is 16.4. The van der Waals surface area contributed by atoms with E-state index in [-0.39, 0.29) is 23.6 Å². The summed E-state index contributed by atoms with van der Waals surface area (Å²) in [5, 5.41) is 4.42. The highest BCUT2D eigenvalue weighted by atomic mass is 35.5. The molecule has 1 atom stereocenters. The molecule has 34 heavy (non-hydrogen) atoms. The number of nitrogens with one attached hydrogen (secondary N) is 1. The number of carbonyl (C=O) groups is 2. The summed E-state index contributed by atoms with van der Waals surface area (Å²) in [5.41, 5.74) is 2.99. The second-order valence-electron chi connectivity index (χ2n) is 8.97. The smallest absolute Gasteiger partial charge is 0.243 e. The Morgan fingerprint density at radius 1 is 1.09 bits per heavy atom. The molecule has 0 heterocycles. The van der Waals surface area contributed by atoms with E-state index in [2.05, 4.69) is 11.4 Å². The SMILES string of the molecule is CC[C@H](C(=O)NC1CCCCC1)N(Cc1cccc(C)c1)C(=O)CSCc1c(Cl)cccc1Cl. The van der Waals surface area contributed by atoms with Crippen LogP contribution in [0, 0.1) is 6.92 Å². The quantitative estimate of drug-likeness (QED) is 0.375. The fraction of sp³-hybridized carbons (Fsp3) is 0.481. The maximum atomic E-state index is 13.4. The van der Waals surface area contributed by atoms with Gasteiger partial charge in [0.25, 0.3) is 0 Å². The van der Waals surface area contributed by atoms with Crippen LogP contribution in [0.1, 0.15) is 62.1 Å². The molecular formula is C27H34Cl2N2O2S. The fourth-order valence-corrected chi connectivity index (χ4v) is 6.11. The predicted molar refractivity (Wildman–Crippen MR) is 143 cm³/mol. The second-order valence-corrected chi connectivity index (χ2v) is 10.8. The van der Waals surface area contributed by atoms with E-state index in [1.165, 1.54) is 18.2 Å². The summed E-state index contributed by atoms with van der Waals surface area (Å²) in [5.74, 6) is 0.684. The van der Waals surface area contributed by atoms with Gasteiger partial charge in [0.2, 0.25) is 11.8 Å². The number of thioether (sulfide) groups is 1. The molecule has 1 N–H and O–H groups in total. The molecule has 1 fully saturated rings. The van der Waals surface area contributed by atoms with Gasteiger partial charge in [-0.15, -0.1) is 11.8 Å². The average molecular weight is 522 g/mol. The van der Waals surface area contributed by atoms with E-state index >= 15 is 0 Å². The van der Waals surface area contributed by atoms with Crippen LogP contribution in [0.2, 0.25) is 10.0 Å². The van der Waals surface area contributed by atoms with E-state index in [0.29, 0.717) is 28.8 Å². The van der Waals surface area contributed by atoms with E-state index in [1.807, 2.05) is 38.1 Å². The summed E-state index contributed by atoms with van der Waals surface area (Å²) in [6, 6.07) is 13.2. The Hall–Kier alpha value is -1.69. The number of rotatable bonds is 10. The van der Waals surface area contributed by atoms with Gasteiger partial charge in [0.1, 0.15) is 6.04 Å². The molecule has 0 unspecified atom stereocenters. The van der Waals surface area contributed by atoms with Crippen molar-refractivity contribution in [2.24, 2.45) is 0 Å². The zero-order valence-corrected chi connectivity index (χ0v) is 22.3. The largest absolute Gasteiger partial charge is 0.352 e. The Labute approximate surface area is 217 Å². The van der Waals surface area contributed by atoms with E-state index in [9.17, 15) is 9.59 Å². The summed E-state index contributed by atoms with van der Waals surface area (Å²) >= 11 is 14.0. The highest BCUT2D eigenvalue weighted by molar-refractivity contribution is 7.99. The maximum absolute atomic E-state index is 13.4. The van der Waals surface area contributed by atoms with Crippen LogP contribution in [0.4, 0.5) is 0 Å². The molecular weight excluding hydrogens is 487 g/mol. The topological polar surface area (TPSA) is 49.4 Å². The lowest BCUT2D eigenvalue weighted by atomic mass is 9.95. The normalized spacial score (nSPS) is 15.1. The minimum atomic E-state index is -0.501. The number of hydrogen-bond acceptors (Lipinski definition) is 3. The first-order valence-corrected chi connectivity index (χ1v) is 14.0. The standard InChI is InChI=1S/C27H34Cl2N2O2S/c1-3-25(27(33)30-21-11-5-4-6-12-21)31(16-20-10-7-9-19(2)15-20)26(32)18-34-17-22-23(28)13-8-14-24(22)29/h7-10,13-15,21,25H,3-6,11-12,16-18H2,1-2H3,(H,30,33)/t25-/m1/s1. The van der Waals surface area contributed by atoms with E-state index in [0.717, 1.165) is 42.4 Å². The summed E-state index contributed by atoms with van der Waals surface area (Å²) in [6.45, 7) is 4.41. The average Bonchev–Trinajstić information content (AvgIpc) is 2.81. The summed E-state index contributed by atoms with van der Waals surface area (Å²) < 4.78 is 0. The molecule has 0 saturated heterocycles. The third-order valence-corrected chi connectivity index (χ3v) is 7.96. The molecule has 184 valence electrons. The number of nitrogens with zero attached hydrogens (tertiary/aromatic N) is 1. The van der Waals surface area contributed by atoms with Crippen molar-refractivity contribution < 1.29 is 9.59 Å². The van der Waals surface area contributed by atoms with Gasteiger partial charge in [0.15, 0.2) is 0 Å². The third-order valence-electron chi connectivity index (χ3n) is 6.31. The number of amides is 2. The summed E-state index contributed by atoms with van der Waals surface area (Å²) in [4.78, 5) is 28.5. The Morgan fingerprint density at radius 2 is 1.76 bits per heavy atom. The lowest BCUT2D eigenvalue weighted by Gasteiger charge is -2.33. The lowest BCUT2D eigenvalue weighted by molar-refractivity contribution is -0.139. The highest BCUT2D eigenvalue weighted by Crippen LogP contribution is 2.28. The van der Waals surface area contributed by atoms with Gasteiger partial charge in [0, 0.05) is 28.4 Å². The van der Waals surface area contributed by atoms with Gasteiger partial charge >= 0.3 is 0 Å². The van der Waals surface area contributed by atoms with Crippen LogP contribution >= 0.6 is 35.0 Å². The van der Waals surface area contributed by atoms with Gasteiger partial charge in [-0.2, -0.15) is 0 Å². The molecule has 7 heteroatoms. The Balaban J connectivity index is 1.72. The van der Waals surface area contributed by atoms with Crippen molar-refractivity contribution in [3.05, 3.63) is 69.2 Å². The van der Waals surface area contributed by atoms with Gasteiger partial charge in [-0.3, -0.25) is 9.59 Å². The molecule has 2 aromatic carbocycles. The molecule has 1 aliphatic carbocycles. The van der Waals surface area contributed by atoms with Crippen molar-refractivity contribution in [1.82, 2.24) is 10.2 Å². The molecule has 1 saturated carbocycles. The van der Waals surface area contributed by atoms with Gasteiger partial charge in [-0.25, -0.2) is 0 Å². The molecule has 0 bridgehead atoms. The zero-order chi connectivity index (χ0) is 24.5. The Morgan fingerprint density at radius 3 is 2.41 bits per heavy atom. The molecule has 0 radical (unpaired) electrons. The maximum Gasteiger partial charge on any atom is 0.243 e. The highest BCUT2D eigenvalue weighted by Gasteiger charge is 2.30. The molecule has 3 rings (SSSR count). The first-order valence-electron chi connectivity index (χ1n) is 12.0. The van der Waals surface area contributed by atoms with E-state index < -0.39 is 6.04 Å². The van der Waals surface area contributed by atoms with Gasteiger partial charge in [0.05, 0.1) is 5.75 Å². The second kappa shape index (κ2) is 13.4. The van der Waals surface area contributed by atoms with E-state index in [1.54, 1.807) is 17.0 Å². The Kier molecular flexibility index (Phi) is 10.6. The number of carbonyl (C=O) groups excluding carboxylic acids is 2. The summed E-state index contributed by atoms with van der Waals surface area (Å²) in [6.07, 6.45) is 6.13. The monoisotopic (exact) mass is 520 g/mol. The van der Waals surface area contributed by atoms with Crippen LogP contribution in [-0.4, -0.2) is 34.6 Å². The van der Waals surface area contributed by atoms with Crippen molar-refractivity contribution in [3.8, 4) is 0 Å². The molecule has 4 nitrogen and oxygen atoms in total. The van der Waals surface area contributed by atoms with Crippen molar-refractivity contribution in [1.29, 1.82) is 0 Å².